The van der Waals surface area contributed by atoms with Gasteiger partial charge >= 0.3 is 18.2 Å². The van der Waals surface area contributed by atoms with Gasteiger partial charge in [0, 0.05) is 25.3 Å². The van der Waals surface area contributed by atoms with Crippen LogP contribution in [0.15, 0.2) is 42.5 Å². The van der Waals surface area contributed by atoms with Crippen LogP contribution < -0.4 is 4.90 Å². The van der Waals surface area contributed by atoms with Gasteiger partial charge in [-0.3, -0.25) is 4.90 Å². The zero-order chi connectivity index (χ0) is 20.5. The van der Waals surface area contributed by atoms with E-state index in [1.807, 2.05) is 0 Å². The molecule has 0 saturated carbocycles. The predicted octanol–water partition coefficient (Wildman–Crippen LogP) is 4.24. The Kier molecular flexibility index (Phi) is 5.31. The number of esters is 1. The molecule has 1 saturated heterocycles. The van der Waals surface area contributed by atoms with Crippen LogP contribution in [-0.2, 0) is 17.5 Å². The largest absolute Gasteiger partial charge is 0.465 e. The summed E-state index contributed by atoms with van der Waals surface area (Å²) in [7, 11) is 1.30. The first-order valence-corrected chi connectivity index (χ1v) is 8.63. The molecule has 1 fully saturated rings. The van der Waals surface area contributed by atoms with Crippen LogP contribution in [0.2, 0.25) is 0 Å². The van der Waals surface area contributed by atoms with Gasteiger partial charge in [-0.05, 0) is 42.3 Å². The van der Waals surface area contributed by atoms with E-state index < -0.39 is 17.7 Å². The molecule has 2 aromatic rings. The van der Waals surface area contributed by atoms with Crippen LogP contribution in [0.25, 0.3) is 0 Å². The summed E-state index contributed by atoms with van der Waals surface area (Å²) in [4.78, 5) is 27.1. The summed E-state index contributed by atoms with van der Waals surface area (Å²) >= 11 is 0. The van der Waals surface area contributed by atoms with Crippen LogP contribution in [0.4, 0.5) is 23.7 Å². The van der Waals surface area contributed by atoms with Gasteiger partial charge in [0.2, 0.25) is 0 Å². The second-order valence-corrected chi connectivity index (χ2v) is 6.49. The summed E-state index contributed by atoms with van der Waals surface area (Å²) in [6.45, 7) is 2.38. The van der Waals surface area contributed by atoms with E-state index in [4.69, 9.17) is 0 Å². The molecule has 0 N–H and O–H groups in total. The molecule has 2 aromatic carbocycles. The van der Waals surface area contributed by atoms with Crippen molar-refractivity contribution in [3.8, 4) is 0 Å². The van der Waals surface area contributed by atoms with Gasteiger partial charge in [-0.2, -0.15) is 13.2 Å². The highest BCUT2D eigenvalue weighted by molar-refractivity contribution is 5.95. The highest BCUT2D eigenvalue weighted by atomic mass is 19.4. The minimum atomic E-state index is -4.47. The fourth-order valence-corrected chi connectivity index (χ4v) is 3.26. The fourth-order valence-electron chi connectivity index (χ4n) is 3.26. The summed E-state index contributed by atoms with van der Waals surface area (Å²) in [6, 6.07) is 10.2. The quantitative estimate of drug-likeness (QED) is 0.732. The molecule has 1 aliphatic rings. The van der Waals surface area contributed by atoms with Crippen LogP contribution in [0.3, 0.4) is 0 Å². The molecule has 0 atom stereocenters. The molecule has 2 amide bonds. The third-order valence-corrected chi connectivity index (χ3v) is 4.74. The van der Waals surface area contributed by atoms with Crippen molar-refractivity contribution < 1.29 is 27.5 Å². The lowest BCUT2D eigenvalue weighted by Crippen LogP contribution is -2.32. The van der Waals surface area contributed by atoms with Crippen molar-refractivity contribution in [3.63, 3.8) is 0 Å². The Hall–Kier alpha value is -3.03. The van der Waals surface area contributed by atoms with Crippen molar-refractivity contribution in [1.82, 2.24) is 4.90 Å². The van der Waals surface area contributed by atoms with E-state index in [0.717, 1.165) is 11.6 Å². The van der Waals surface area contributed by atoms with Crippen molar-refractivity contribution >= 4 is 17.7 Å². The molecule has 0 unspecified atom stereocenters. The second kappa shape index (κ2) is 7.53. The summed E-state index contributed by atoms with van der Waals surface area (Å²) in [5.74, 6) is -0.449. The number of hydrogen-bond acceptors (Lipinski definition) is 3. The maximum Gasteiger partial charge on any atom is 0.416 e. The number of urea groups is 1. The topological polar surface area (TPSA) is 49.9 Å². The van der Waals surface area contributed by atoms with Gasteiger partial charge in [0.15, 0.2) is 0 Å². The Morgan fingerprint density at radius 2 is 1.79 bits per heavy atom. The third kappa shape index (κ3) is 3.81. The minimum absolute atomic E-state index is 0.0348. The molecule has 3 rings (SSSR count). The van der Waals surface area contributed by atoms with Gasteiger partial charge in [-0.1, -0.05) is 18.2 Å². The first kappa shape index (κ1) is 19.7. The molecule has 0 spiro atoms. The monoisotopic (exact) mass is 392 g/mol. The maximum atomic E-state index is 13.1. The molecular weight excluding hydrogens is 373 g/mol. The Morgan fingerprint density at radius 1 is 1.11 bits per heavy atom. The first-order valence-electron chi connectivity index (χ1n) is 8.63. The van der Waals surface area contributed by atoms with Gasteiger partial charge in [-0.15, -0.1) is 0 Å². The Balaban J connectivity index is 1.76. The average Bonchev–Trinajstić information content (AvgIpc) is 3.01. The smallest absolute Gasteiger partial charge is 0.416 e. The number of benzene rings is 2. The SMILES string of the molecule is COC(=O)c1ccc(CN2CCN(c3cccc(C(F)(F)F)c3C)C2=O)cc1. The molecule has 0 aliphatic carbocycles. The number of ether oxygens (including phenoxy) is 1. The predicted molar refractivity (Wildman–Crippen MR) is 97.1 cm³/mol. The summed E-state index contributed by atoms with van der Waals surface area (Å²) < 4.78 is 44.1. The highest BCUT2D eigenvalue weighted by Crippen LogP contribution is 2.36. The van der Waals surface area contributed by atoms with Crippen molar-refractivity contribution in [2.75, 3.05) is 25.1 Å². The average molecular weight is 392 g/mol. The Morgan fingerprint density at radius 3 is 2.39 bits per heavy atom. The lowest BCUT2D eigenvalue weighted by atomic mass is 10.1. The van der Waals surface area contributed by atoms with Crippen molar-refractivity contribution in [2.45, 2.75) is 19.6 Å². The van der Waals surface area contributed by atoms with E-state index in [2.05, 4.69) is 4.74 Å². The highest BCUT2D eigenvalue weighted by Gasteiger charge is 2.36. The van der Waals surface area contributed by atoms with Crippen LogP contribution in [0, 0.1) is 6.92 Å². The number of hydrogen-bond donors (Lipinski definition) is 0. The number of carbonyl (C=O) groups is 2. The molecular formula is C20H19F3N2O3. The van der Waals surface area contributed by atoms with E-state index in [1.54, 1.807) is 29.2 Å². The fraction of sp³-hybridized carbons (Fsp3) is 0.300. The van der Waals surface area contributed by atoms with E-state index in [9.17, 15) is 22.8 Å². The van der Waals surface area contributed by atoms with Gasteiger partial charge in [0.05, 0.1) is 18.2 Å². The molecule has 1 heterocycles. The molecule has 0 aromatic heterocycles. The summed E-state index contributed by atoms with van der Waals surface area (Å²) in [6.07, 6.45) is -4.47. The first-order chi connectivity index (χ1) is 13.2. The Labute approximate surface area is 160 Å². The number of anilines is 1. The normalized spacial score (nSPS) is 14.5. The number of alkyl halides is 3. The van der Waals surface area contributed by atoms with Crippen LogP contribution in [-0.4, -0.2) is 37.1 Å². The van der Waals surface area contributed by atoms with E-state index in [1.165, 1.54) is 31.1 Å². The third-order valence-electron chi connectivity index (χ3n) is 4.74. The van der Waals surface area contributed by atoms with Crippen molar-refractivity contribution in [3.05, 3.63) is 64.7 Å². The summed E-state index contributed by atoms with van der Waals surface area (Å²) in [5, 5.41) is 0. The lowest BCUT2D eigenvalue weighted by molar-refractivity contribution is -0.138. The zero-order valence-corrected chi connectivity index (χ0v) is 15.4. The lowest BCUT2D eigenvalue weighted by Gasteiger charge is -2.22. The molecule has 0 bridgehead atoms. The molecule has 1 aliphatic heterocycles. The van der Waals surface area contributed by atoms with E-state index >= 15 is 0 Å². The Bertz CT molecular complexity index is 895. The standard InChI is InChI=1S/C20H19F3N2O3/c1-13-16(20(21,22)23)4-3-5-17(13)25-11-10-24(19(25)27)12-14-6-8-15(9-7-14)18(26)28-2/h3-9H,10-12H2,1-2H3. The van der Waals surface area contributed by atoms with Crippen LogP contribution in [0.5, 0.6) is 0 Å². The van der Waals surface area contributed by atoms with Crippen molar-refractivity contribution in [2.24, 2.45) is 0 Å². The van der Waals surface area contributed by atoms with E-state index in [0.29, 0.717) is 25.2 Å². The second-order valence-electron chi connectivity index (χ2n) is 6.49. The molecule has 5 nitrogen and oxygen atoms in total. The minimum Gasteiger partial charge on any atom is -0.465 e. The molecule has 28 heavy (non-hydrogen) atoms. The molecule has 8 heteroatoms. The number of rotatable bonds is 4. The maximum absolute atomic E-state index is 13.1. The van der Waals surface area contributed by atoms with Gasteiger partial charge in [-0.25, -0.2) is 9.59 Å². The number of methoxy groups -OCH3 is 1. The summed E-state index contributed by atoms with van der Waals surface area (Å²) in [5.41, 5.74) is 0.773. The number of amides is 2. The molecule has 148 valence electrons. The zero-order valence-electron chi connectivity index (χ0n) is 15.4. The van der Waals surface area contributed by atoms with Crippen LogP contribution in [0.1, 0.15) is 27.0 Å². The van der Waals surface area contributed by atoms with Gasteiger partial charge < -0.3 is 9.64 Å². The number of carbonyl (C=O) groups excluding carboxylic acids is 2. The number of halogens is 3. The van der Waals surface area contributed by atoms with Gasteiger partial charge in [0.1, 0.15) is 0 Å². The molecule has 0 radical (unpaired) electrons. The van der Waals surface area contributed by atoms with E-state index in [-0.39, 0.29) is 17.3 Å². The van der Waals surface area contributed by atoms with Crippen LogP contribution >= 0.6 is 0 Å². The van der Waals surface area contributed by atoms with Gasteiger partial charge in [0.25, 0.3) is 0 Å². The van der Waals surface area contributed by atoms with Crippen molar-refractivity contribution in [1.29, 1.82) is 0 Å². The number of nitrogens with zero attached hydrogens (tertiary/aromatic N) is 2.